The Kier molecular flexibility index (Phi) is 10.5. The van der Waals surface area contributed by atoms with Gasteiger partial charge in [-0.2, -0.15) is 18.3 Å². The van der Waals surface area contributed by atoms with Crippen molar-refractivity contribution in [3.05, 3.63) is 76.6 Å². The van der Waals surface area contributed by atoms with E-state index in [1.807, 2.05) is 29.1 Å². The first-order valence-corrected chi connectivity index (χ1v) is 19.7. The molecule has 3 aliphatic rings. The summed E-state index contributed by atoms with van der Waals surface area (Å²) in [6.45, 7) is 2.67. The molecule has 0 spiro atoms. The number of imide groups is 1. The summed E-state index contributed by atoms with van der Waals surface area (Å²) in [7, 11) is 5.40. The number of carbonyl (C=O) groups excluding carboxylic acids is 3. The van der Waals surface area contributed by atoms with Crippen molar-refractivity contribution in [2.75, 3.05) is 44.0 Å². The zero-order chi connectivity index (χ0) is 40.9. The van der Waals surface area contributed by atoms with Gasteiger partial charge in [-0.25, -0.2) is 9.78 Å². The number of aryl methyl sites for hydroxylation is 1. The van der Waals surface area contributed by atoms with Crippen molar-refractivity contribution in [3.8, 4) is 5.75 Å². The van der Waals surface area contributed by atoms with E-state index >= 15 is 0 Å². The molecule has 58 heavy (non-hydrogen) atoms. The summed E-state index contributed by atoms with van der Waals surface area (Å²) < 4.78 is 50.2. The van der Waals surface area contributed by atoms with Crippen molar-refractivity contribution in [1.82, 2.24) is 34.1 Å². The number of piperidine rings is 2. The molecule has 3 fully saturated rings. The molecule has 3 amide bonds. The number of methoxy groups -OCH3 is 1. The second-order valence-corrected chi connectivity index (χ2v) is 15.7. The molecular formula is C41H46F3N9O5. The minimum Gasteiger partial charge on any atom is -0.494 e. The Bertz CT molecular complexity index is 2440. The molecule has 8 rings (SSSR count). The number of ether oxygens (including phenoxy) is 1. The van der Waals surface area contributed by atoms with Gasteiger partial charge in [-0.05, 0) is 88.2 Å². The molecule has 1 aliphatic carbocycles. The Labute approximate surface area is 331 Å². The monoisotopic (exact) mass is 801 g/mol. The third-order valence-corrected chi connectivity index (χ3v) is 12.1. The largest absolute Gasteiger partial charge is 0.494 e. The van der Waals surface area contributed by atoms with Crippen LogP contribution in [0.2, 0.25) is 0 Å². The zero-order valence-electron chi connectivity index (χ0n) is 32.6. The summed E-state index contributed by atoms with van der Waals surface area (Å²) in [5.41, 5.74) is 1.69. The summed E-state index contributed by atoms with van der Waals surface area (Å²) in [5, 5.41) is 10.6. The summed E-state index contributed by atoms with van der Waals surface area (Å²) in [5.74, 6) is -0.655. The van der Waals surface area contributed by atoms with E-state index in [0.29, 0.717) is 40.9 Å². The topological polar surface area (TPSA) is 149 Å². The van der Waals surface area contributed by atoms with E-state index in [9.17, 15) is 32.3 Å². The lowest BCUT2D eigenvalue weighted by Crippen LogP contribution is -2.45. The SMILES string of the molecule is COc1cc2nn(C3CCC(CN(C)C4CCN(c5cccc6c5n(C)c(=O)n6[C@@H]5CCC(=O)NC5=O)CC4)CC3)cc2cc1NC(=O)c1cccc(C(F)(F)F)n1. The highest BCUT2D eigenvalue weighted by molar-refractivity contribution is 6.05. The number of halogens is 3. The highest BCUT2D eigenvalue weighted by Crippen LogP contribution is 2.37. The molecule has 0 bridgehead atoms. The quantitative estimate of drug-likeness (QED) is 0.180. The molecule has 14 nitrogen and oxygen atoms in total. The fourth-order valence-corrected chi connectivity index (χ4v) is 9.03. The normalized spacial score (nSPS) is 20.9. The summed E-state index contributed by atoms with van der Waals surface area (Å²) >= 11 is 0. The highest BCUT2D eigenvalue weighted by atomic mass is 19.4. The molecule has 1 saturated carbocycles. The molecule has 17 heteroatoms. The van der Waals surface area contributed by atoms with Crippen molar-refractivity contribution >= 4 is 51.0 Å². The molecule has 2 aromatic carbocycles. The third-order valence-electron chi connectivity index (χ3n) is 12.1. The number of fused-ring (bicyclic) bond motifs is 2. The summed E-state index contributed by atoms with van der Waals surface area (Å²) in [6, 6.07) is 12.4. The average molecular weight is 802 g/mol. The second-order valence-electron chi connectivity index (χ2n) is 15.7. The van der Waals surface area contributed by atoms with Gasteiger partial charge in [0.25, 0.3) is 5.91 Å². The van der Waals surface area contributed by atoms with Gasteiger partial charge in [-0.3, -0.25) is 33.5 Å². The molecule has 2 saturated heterocycles. The van der Waals surface area contributed by atoms with Crippen LogP contribution in [-0.2, 0) is 22.8 Å². The summed E-state index contributed by atoms with van der Waals surface area (Å²) in [4.78, 5) is 59.2. The molecule has 5 aromatic rings. The van der Waals surface area contributed by atoms with Crippen LogP contribution in [0.1, 0.15) is 79.6 Å². The van der Waals surface area contributed by atoms with Crippen LogP contribution in [0.25, 0.3) is 21.9 Å². The molecule has 0 unspecified atom stereocenters. The summed E-state index contributed by atoms with van der Waals surface area (Å²) in [6.07, 6.45) is 3.77. The third kappa shape index (κ3) is 7.54. The first kappa shape index (κ1) is 39.1. The molecule has 5 heterocycles. The number of amides is 3. The smallest absolute Gasteiger partial charge is 0.433 e. The van der Waals surface area contributed by atoms with Gasteiger partial charge in [0.05, 0.1) is 41.1 Å². The van der Waals surface area contributed by atoms with E-state index in [2.05, 4.69) is 32.5 Å². The number of para-hydroxylation sites is 1. The Balaban J connectivity index is 0.866. The second kappa shape index (κ2) is 15.6. The fraction of sp³-hybridized carbons (Fsp3) is 0.463. The van der Waals surface area contributed by atoms with Crippen LogP contribution in [0.5, 0.6) is 5.75 Å². The first-order valence-electron chi connectivity index (χ1n) is 19.7. The van der Waals surface area contributed by atoms with Gasteiger partial charge in [0, 0.05) is 56.8 Å². The van der Waals surface area contributed by atoms with Crippen LogP contribution in [0.3, 0.4) is 0 Å². The van der Waals surface area contributed by atoms with Crippen LogP contribution in [0.15, 0.2) is 59.5 Å². The van der Waals surface area contributed by atoms with Crippen molar-refractivity contribution in [1.29, 1.82) is 0 Å². The number of pyridine rings is 1. The maximum atomic E-state index is 13.4. The fourth-order valence-electron chi connectivity index (χ4n) is 9.03. The van der Waals surface area contributed by atoms with Gasteiger partial charge >= 0.3 is 11.9 Å². The van der Waals surface area contributed by atoms with Crippen molar-refractivity contribution in [2.24, 2.45) is 13.0 Å². The predicted molar refractivity (Wildman–Crippen MR) is 211 cm³/mol. The number of aromatic nitrogens is 5. The van der Waals surface area contributed by atoms with E-state index in [1.165, 1.54) is 17.7 Å². The number of hydrogen-bond acceptors (Lipinski definition) is 9. The average Bonchev–Trinajstić information content (AvgIpc) is 3.74. The first-order chi connectivity index (χ1) is 27.8. The Morgan fingerprint density at radius 3 is 2.45 bits per heavy atom. The Morgan fingerprint density at radius 1 is 1.00 bits per heavy atom. The maximum absolute atomic E-state index is 13.4. The van der Waals surface area contributed by atoms with Crippen molar-refractivity contribution < 1.29 is 32.3 Å². The van der Waals surface area contributed by atoms with Gasteiger partial charge in [-0.15, -0.1) is 0 Å². The lowest BCUT2D eigenvalue weighted by Gasteiger charge is -2.40. The number of benzene rings is 2. The van der Waals surface area contributed by atoms with Crippen molar-refractivity contribution in [3.63, 3.8) is 0 Å². The Morgan fingerprint density at radius 2 is 1.74 bits per heavy atom. The zero-order valence-corrected chi connectivity index (χ0v) is 32.6. The Hall–Kier alpha value is -5.71. The van der Waals surface area contributed by atoms with Crippen molar-refractivity contribution in [2.45, 2.75) is 75.7 Å². The standard InChI is InChI=1S/C41H46F3N9O5/c1-49(26-16-18-51(19-17-26)31-7-5-8-32-37(31)50(2)40(57)53(32)33-14-15-36(54)47-39(33)56)22-24-10-12-27(13-11-24)52-23-25-20-30(34(58-3)21-29(25)48-52)46-38(55)28-6-4-9-35(45-28)41(42,43)44/h4-9,20-21,23-24,26-27,33H,10-19,22H2,1-3H3,(H,46,55)(H,47,54,56)/t24?,27?,33-/m1/s1. The van der Waals surface area contributed by atoms with Gasteiger partial charge in [0.2, 0.25) is 11.8 Å². The molecule has 0 radical (unpaired) electrons. The lowest BCUT2D eigenvalue weighted by atomic mass is 9.85. The van der Waals surface area contributed by atoms with Gasteiger partial charge < -0.3 is 19.9 Å². The van der Waals surface area contributed by atoms with Gasteiger partial charge in [0.15, 0.2) is 0 Å². The van der Waals surface area contributed by atoms with Crippen LogP contribution < -0.4 is 26.0 Å². The number of nitrogens with one attached hydrogen (secondary N) is 2. The van der Waals surface area contributed by atoms with Crippen LogP contribution in [-0.4, -0.2) is 86.4 Å². The molecule has 3 aromatic heterocycles. The van der Waals surface area contributed by atoms with E-state index in [0.717, 1.165) is 86.9 Å². The minimum absolute atomic E-state index is 0.197. The number of nitrogens with zero attached hydrogens (tertiary/aromatic N) is 7. The van der Waals surface area contributed by atoms with E-state index in [4.69, 9.17) is 9.84 Å². The van der Waals surface area contributed by atoms with Gasteiger partial charge in [0.1, 0.15) is 23.2 Å². The van der Waals surface area contributed by atoms with E-state index in [-0.39, 0.29) is 29.8 Å². The predicted octanol–water partition coefficient (Wildman–Crippen LogP) is 5.67. The molecular weight excluding hydrogens is 756 g/mol. The maximum Gasteiger partial charge on any atom is 0.433 e. The molecule has 1 atom stereocenters. The van der Waals surface area contributed by atoms with E-state index < -0.39 is 29.7 Å². The number of rotatable bonds is 9. The highest BCUT2D eigenvalue weighted by Gasteiger charge is 2.35. The number of anilines is 2. The van der Waals surface area contributed by atoms with E-state index in [1.54, 1.807) is 23.7 Å². The number of alkyl halides is 3. The van der Waals surface area contributed by atoms with Crippen LogP contribution in [0, 0.1) is 5.92 Å². The lowest BCUT2D eigenvalue weighted by molar-refractivity contribution is -0.141. The number of hydrogen-bond donors (Lipinski definition) is 2. The minimum atomic E-state index is -4.67. The number of imidazole rings is 1. The molecule has 306 valence electrons. The molecule has 2 aliphatic heterocycles. The van der Waals surface area contributed by atoms with Crippen LogP contribution in [0.4, 0.5) is 24.5 Å². The number of carbonyl (C=O) groups is 3. The van der Waals surface area contributed by atoms with Gasteiger partial charge in [-0.1, -0.05) is 12.1 Å². The molecule has 2 N–H and O–H groups in total. The van der Waals surface area contributed by atoms with Crippen LogP contribution >= 0.6 is 0 Å².